The Morgan fingerprint density at radius 2 is 1.71 bits per heavy atom. The van der Waals surface area contributed by atoms with E-state index in [4.69, 9.17) is 0 Å². The third-order valence-corrected chi connectivity index (χ3v) is 8.33. The predicted molar refractivity (Wildman–Crippen MR) is 146 cm³/mol. The summed E-state index contributed by atoms with van der Waals surface area (Å²) in [4.78, 5) is 14.9. The number of carbonyl (C=O) groups excluding carboxylic acids is 1. The van der Waals surface area contributed by atoms with Crippen molar-refractivity contribution in [3.8, 4) is 0 Å². The van der Waals surface area contributed by atoms with Crippen molar-refractivity contribution in [2.24, 2.45) is 7.05 Å². The Kier molecular flexibility index (Phi) is 6.48. The van der Waals surface area contributed by atoms with Crippen molar-refractivity contribution in [1.29, 1.82) is 0 Å². The van der Waals surface area contributed by atoms with Gasteiger partial charge in [0.25, 0.3) is 5.91 Å². The lowest BCUT2D eigenvalue weighted by molar-refractivity contribution is -0.138. The first-order chi connectivity index (χ1) is 19.5. The second kappa shape index (κ2) is 9.80. The van der Waals surface area contributed by atoms with Gasteiger partial charge >= 0.3 is 6.18 Å². The molecule has 0 radical (unpaired) electrons. The summed E-state index contributed by atoms with van der Waals surface area (Å²) < 4.78 is 61.4. The van der Waals surface area contributed by atoms with Crippen LogP contribution in [-0.4, -0.2) is 26.2 Å². The smallest absolute Gasteiger partial charge is 0.317 e. The predicted octanol–water partition coefficient (Wildman–Crippen LogP) is 6.29. The number of rotatable bonds is 7. The van der Waals surface area contributed by atoms with Crippen LogP contribution < -0.4 is 10.2 Å². The molecule has 0 saturated heterocycles. The van der Waals surface area contributed by atoms with Crippen LogP contribution >= 0.6 is 0 Å². The van der Waals surface area contributed by atoms with Gasteiger partial charge in [0, 0.05) is 41.5 Å². The van der Waals surface area contributed by atoms with Gasteiger partial charge in [-0.25, -0.2) is 4.39 Å². The summed E-state index contributed by atoms with van der Waals surface area (Å²) in [5, 5.41) is 11.2. The number of fused-ring (bicyclic) bond motifs is 1. The Labute approximate surface area is 235 Å². The fraction of sp³-hybridized carbons (Fsp3) is 0.323. The van der Waals surface area contributed by atoms with E-state index < -0.39 is 23.3 Å². The number of nitrogens with zero attached hydrogens (tertiary/aromatic N) is 4. The molecule has 1 aliphatic carbocycles. The molecule has 4 aromatic rings. The maximum atomic E-state index is 17.2. The van der Waals surface area contributed by atoms with Crippen molar-refractivity contribution < 1.29 is 22.4 Å². The zero-order valence-electron chi connectivity index (χ0n) is 22.7. The van der Waals surface area contributed by atoms with E-state index in [9.17, 15) is 18.0 Å². The Bertz CT molecular complexity index is 1610. The molecule has 1 aliphatic heterocycles. The molecular weight excluding hydrogens is 534 g/mol. The van der Waals surface area contributed by atoms with Gasteiger partial charge in [-0.05, 0) is 61.6 Å². The van der Waals surface area contributed by atoms with E-state index in [-0.39, 0.29) is 41.1 Å². The van der Waals surface area contributed by atoms with Crippen LogP contribution in [0.3, 0.4) is 0 Å². The van der Waals surface area contributed by atoms with Crippen molar-refractivity contribution in [2.75, 3.05) is 4.90 Å². The van der Waals surface area contributed by atoms with Gasteiger partial charge in [-0.15, -0.1) is 10.2 Å². The highest BCUT2D eigenvalue weighted by atomic mass is 19.4. The molecule has 10 heteroatoms. The molecule has 0 spiro atoms. The summed E-state index contributed by atoms with van der Waals surface area (Å²) >= 11 is 0. The summed E-state index contributed by atoms with van der Waals surface area (Å²) in [6, 6.07) is 17.4. The van der Waals surface area contributed by atoms with Crippen LogP contribution in [0.2, 0.25) is 0 Å². The lowest BCUT2D eigenvalue weighted by Crippen LogP contribution is -2.47. The van der Waals surface area contributed by atoms with E-state index in [1.165, 1.54) is 21.9 Å². The van der Waals surface area contributed by atoms with Crippen LogP contribution in [0.1, 0.15) is 70.2 Å². The highest BCUT2D eigenvalue weighted by Crippen LogP contribution is 2.43. The van der Waals surface area contributed by atoms with Crippen LogP contribution in [-0.2, 0) is 32.0 Å². The molecule has 2 aliphatic rings. The summed E-state index contributed by atoms with van der Waals surface area (Å²) in [6.45, 7) is 2.01. The largest absolute Gasteiger partial charge is 0.416 e. The molecule has 3 aromatic carbocycles. The highest BCUT2D eigenvalue weighted by Gasteiger charge is 2.43. The van der Waals surface area contributed by atoms with Gasteiger partial charge in [0.05, 0.1) is 12.1 Å². The van der Waals surface area contributed by atoms with E-state index in [0.29, 0.717) is 16.8 Å². The first kappa shape index (κ1) is 27.1. The minimum atomic E-state index is -4.63. The summed E-state index contributed by atoms with van der Waals surface area (Å²) in [6.07, 6.45) is -0.241. The number of aromatic nitrogens is 3. The molecule has 1 fully saturated rings. The van der Waals surface area contributed by atoms with E-state index in [0.717, 1.165) is 25.3 Å². The number of hydrogen-bond acceptors (Lipinski definition) is 4. The molecule has 1 aromatic heterocycles. The maximum absolute atomic E-state index is 17.2. The monoisotopic (exact) mass is 563 g/mol. The van der Waals surface area contributed by atoms with Crippen LogP contribution in [0.5, 0.6) is 0 Å². The zero-order valence-corrected chi connectivity index (χ0v) is 22.7. The molecule has 6 nitrogen and oxygen atoms in total. The second-order valence-corrected chi connectivity index (χ2v) is 11.2. The Morgan fingerprint density at radius 3 is 2.34 bits per heavy atom. The highest BCUT2D eigenvalue weighted by molar-refractivity contribution is 6.10. The number of amides is 1. The number of aryl methyl sites for hydroxylation is 1. The van der Waals surface area contributed by atoms with Gasteiger partial charge in [-0.2, -0.15) is 13.2 Å². The second-order valence-electron chi connectivity index (χ2n) is 11.2. The van der Waals surface area contributed by atoms with Gasteiger partial charge in [0.15, 0.2) is 5.82 Å². The lowest BCUT2D eigenvalue weighted by atomic mass is 9.78. The molecule has 212 valence electrons. The molecule has 1 amide bonds. The average Bonchev–Trinajstić information content (AvgIpc) is 3.53. The minimum absolute atomic E-state index is 0.0173. The van der Waals surface area contributed by atoms with E-state index in [2.05, 4.69) is 22.4 Å². The molecule has 6 rings (SSSR count). The summed E-state index contributed by atoms with van der Waals surface area (Å²) in [5.41, 5.74) is -2.03. The number of alkyl halides is 4. The SMILES string of the molecule is Cn1cnnc1[C@@](F)(c1ccccc1)c1cccc(N2Cc3c(cc(CNC4(C)CCC4)cc3C(F)(F)F)C2=O)c1. The molecular formula is C31H29F4N5O. The molecule has 1 saturated carbocycles. The van der Waals surface area contributed by atoms with Gasteiger partial charge in [0.2, 0.25) is 5.67 Å². The van der Waals surface area contributed by atoms with E-state index >= 15 is 4.39 Å². The van der Waals surface area contributed by atoms with Gasteiger partial charge < -0.3 is 14.8 Å². The van der Waals surface area contributed by atoms with Gasteiger partial charge in [-0.1, -0.05) is 42.5 Å². The van der Waals surface area contributed by atoms with Crippen LogP contribution in [0.15, 0.2) is 73.1 Å². The fourth-order valence-corrected chi connectivity index (χ4v) is 5.81. The first-order valence-electron chi connectivity index (χ1n) is 13.5. The molecule has 1 N–H and O–H groups in total. The van der Waals surface area contributed by atoms with Crippen LogP contribution in [0.4, 0.5) is 23.2 Å². The number of benzene rings is 3. The van der Waals surface area contributed by atoms with Crippen molar-refractivity contribution in [3.63, 3.8) is 0 Å². The number of nitrogens with one attached hydrogen (secondary N) is 1. The molecule has 1 atom stereocenters. The number of hydrogen-bond donors (Lipinski definition) is 1. The average molecular weight is 564 g/mol. The topological polar surface area (TPSA) is 63.1 Å². The first-order valence-corrected chi connectivity index (χ1v) is 13.5. The molecule has 0 bridgehead atoms. The van der Waals surface area contributed by atoms with Crippen molar-refractivity contribution in [3.05, 3.63) is 112 Å². The van der Waals surface area contributed by atoms with Crippen molar-refractivity contribution >= 4 is 11.6 Å². The number of carbonyl (C=O) groups is 1. The Balaban J connectivity index is 1.39. The van der Waals surface area contributed by atoms with Crippen molar-refractivity contribution in [1.82, 2.24) is 20.1 Å². The Morgan fingerprint density at radius 1 is 0.976 bits per heavy atom. The van der Waals surface area contributed by atoms with Gasteiger partial charge in [-0.3, -0.25) is 4.79 Å². The molecule has 2 heterocycles. The third kappa shape index (κ3) is 4.69. The van der Waals surface area contributed by atoms with Crippen LogP contribution in [0.25, 0.3) is 0 Å². The van der Waals surface area contributed by atoms with Crippen molar-refractivity contribution in [2.45, 2.75) is 56.7 Å². The fourth-order valence-electron chi connectivity index (χ4n) is 5.81. The standard InChI is InChI=1S/C31H29F4N5O/c1-29(12-7-13-29)36-17-20-14-24-25(26(15-20)31(33,34)35)18-40(27(24)41)23-11-6-10-22(16-23)30(32,21-8-4-3-5-9-21)28-38-37-19-39(28)2/h3-6,8-11,14-16,19,36H,7,12-13,17-18H2,1-2H3/t30-/m1/s1. The summed E-state index contributed by atoms with van der Waals surface area (Å²) in [5.74, 6) is -0.518. The quantitative estimate of drug-likeness (QED) is 0.269. The van der Waals surface area contributed by atoms with E-state index in [1.807, 2.05) is 0 Å². The summed E-state index contributed by atoms with van der Waals surface area (Å²) in [7, 11) is 1.63. The number of halogens is 4. The lowest BCUT2D eigenvalue weighted by Gasteiger charge is -2.39. The maximum Gasteiger partial charge on any atom is 0.416 e. The Hall–Kier alpha value is -4.05. The normalized spacial score (nSPS) is 17.7. The molecule has 0 unspecified atom stereocenters. The minimum Gasteiger partial charge on any atom is -0.317 e. The zero-order chi connectivity index (χ0) is 29.0. The molecule has 41 heavy (non-hydrogen) atoms. The van der Waals surface area contributed by atoms with Crippen LogP contribution in [0, 0.1) is 0 Å². The van der Waals surface area contributed by atoms with Gasteiger partial charge in [0.1, 0.15) is 6.33 Å². The third-order valence-electron chi connectivity index (χ3n) is 8.33. The number of anilines is 1. The van der Waals surface area contributed by atoms with E-state index in [1.54, 1.807) is 61.6 Å².